The zero-order valence-corrected chi connectivity index (χ0v) is 26.5. The first-order valence-corrected chi connectivity index (χ1v) is 16.1. The van der Waals surface area contributed by atoms with Crippen molar-refractivity contribution in [2.75, 3.05) is 17.2 Å². The number of aliphatic carboxylic acids is 1. The summed E-state index contributed by atoms with van der Waals surface area (Å²) in [4.78, 5) is 47.1. The number of ether oxygens (including phenoxy) is 1. The molecule has 0 atom stereocenters. The molecule has 4 N–H and O–H groups in total. The predicted octanol–water partition coefficient (Wildman–Crippen LogP) is 6.13. The van der Waals surface area contributed by atoms with Crippen LogP contribution >= 0.6 is 0 Å². The van der Waals surface area contributed by atoms with Crippen molar-refractivity contribution < 1.29 is 37.6 Å². The molecule has 0 aliphatic carbocycles. The maximum atomic E-state index is 13.3. The number of carboxylic acids is 1. The molecule has 2 amide bonds. The minimum atomic E-state index is -4.61. The first-order chi connectivity index (χ1) is 22.9. The first-order valence-electron chi connectivity index (χ1n) is 14.7. The van der Waals surface area contributed by atoms with E-state index in [0.29, 0.717) is 18.6 Å². The topological polar surface area (TPSA) is 194 Å². The fourth-order valence-corrected chi connectivity index (χ4v) is 5.44. The standard InChI is InChI=1S/C34H32N4O9S/c1-23-9-5-6-10-24(23)14-19-32(39)36-25-15-17-28(31(21-25)47-26-11-3-2-4-12-26)34(42)37-48(45,46)27-16-18-29(30(22-27)38(43)44)35-20-8-7-13-33(40)41/h2-6,9-12,14-19,21-22,35H,7-8,13,20H2,1H3,(H,36,39)(H,37,42)(H,40,41). The number of para-hydroxylation sites is 1. The Morgan fingerprint density at radius 3 is 2.38 bits per heavy atom. The number of rotatable bonds is 15. The Balaban J connectivity index is 1.54. The molecule has 14 heteroatoms. The number of unbranched alkanes of at least 4 members (excludes halogenated alkanes) is 1. The lowest BCUT2D eigenvalue weighted by atomic mass is 10.1. The Morgan fingerprint density at radius 1 is 0.938 bits per heavy atom. The van der Waals surface area contributed by atoms with Crippen molar-refractivity contribution >= 4 is 50.9 Å². The number of amides is 2. The molecule has 0 fully saturated rings. The number of hydrogen-bond donors (Lipinski definition) is 4. The molecule has 248 valence electrons. The molecule has 0 radical (unpaired) electrons. The van der Waals surface area contributed by atoms with Crippen LogP contribution in [0.25, 0.3) is 6.08 Å². The molecule has 13 nitrogen and oxygen atoms in total. The second kappa shape index (κ2) is 16.0. The van der Waals surface area contributed by atoms with Gasteiger partial charge in [0.05, 0.1) is 15.4 Å². The van der Waals surface area contributed by atoms with Crippen molar-refractivity contribution in [3.63, 3.8) is 0 Å². The van der Waals surface area contributed by atoms with Gasteiger partial charge in [-0.05, 0) is 73.4 Å². The van der Waals surface area contributed by atoms with Crippen molar-refractivity contribution in [2.24, 2.45) is 0 Å². The third-order valence-corrected chi connectivity index (χ3v) is 8.23. The largest absolute Gasteiger partial charge is 0.481 e. The summed E-state index contributed by atoms with van der Waals surface area (Å²) in [6, 6.07) is 23.1. The van der Waals surface area contributed by atoms with Gasteiger partial charge in [-0.2, -0.15) is 0 Å². The van der Waals surface area contributed by atoms with Crippen LogP contribution in [0.5, 0.6) is 11.5 Å². The van der Waals surface area contributed by atoms with E-state index in [-0.39, 0.29) is 35.7 Å². The molecule has 0 saturated heterocycles. The summed E-state index contributed by atoms with van der Waals surface area (Å²) in [5.41, 5.74) is 1.40. The zero-order valence-electron chi connectivity index (χ0n) is 25.7. The van der Waals surface area contributed by atoms with Gasteiger partial charge in [0.15, 0.2) is 0 Å². The number of carbonyl (C=O) groups excluding carboxylic acids is 2. The van der Waals surface area contributed by atoms with Crippen LogP contribution in [0.4, 0.5) is 17.1 Å². The van der Waals surface area contributed by atoms with Crippen LogP contribution in [0.2, 0.25) is 0 Å². The minimum absolute atomic E-state index is 0.0329. The highest BCUT2D eigenvalue weighted by molar-refractivity contribution is 7.90. The highest BCUT2D eigenvalue weighted by Crippen LogP contribution is 2.31. The van der Waals surface area contributed by atoms with Gasteiger partial charge in [0.2, 0.25) is 5.91 Å². The highest BCUT2D eigenvalue weighted by Gasteiger charge is 2.25. The van der Waals surface area contributed by atoms with Crippen molar-refractivity contribution in [1.29, 1.82) is 0 Å². The summed E-state index contributed by atoms with van der Waals surface area (Å²) in [5, 5.41) is 26.0. The third-order valence-electron chi connectivity index (χ3n) is 6.90. The van der Waals surface area contributed by atoms with Crippen LogP contribution in [0.3, 0.4) is 0 Å². The van der Waals surface area contributed by atoms with E-state index in [9.17, 15) is 32.9 Å². The first kappa shape index (κ1) is 34.8. The third kappa shape index (κ3) is 9.74. The molecule has 4 aromatic carbocycles. The number of nitro benzene ring substituents is 1. The van der Waals surface area contributed by atoms with Crippen LogP contribution in [0, 0.1) is 17.0 Å². The van der Waals surface area contributed by atoms with Crippen LogP contribution in [0.1, 0.15) is 40.7 Å². The van der Waals surface area contributed by atoms with Gasteiger partial charge in [-0.3, -0.25) is 24.5 Å². The predicted molar refractivity (Wildman–Crippen MR) is 180 cm³/mol. The number of nitro groups is 1. The summed E-state index contributed by atoms with van der Waals surface area (Å²) in [6.45, 7) is 2.14. The minimum Gasteiger partial charge on any atom is -0.481 e. The van der Waals surface area contributed by atoms with Gasteiger partial charge in [-0.15, -0.1) is 0 Å². The summed E-state index contributed by atoms with van der Waals surface area (Å²) in [7, 11) is -4.61. The Kier molecular flexibility index (Phi) is 11.6. The van der Waals surface area contributed by atoms with E-state index in [4.69, 9.17) is 9.84 Å². The Bertz CT molecular complexity index is 1960. The van der Waals surface area contributed by atoms with Crippen molar-refractivity contribution in [2.45, 2.75) is 31.1 Å². The summed E-state index contributed by atoms with van der Waals surface area (Å²) in [5.74, 6) is -2.23. The van der Waals surface area contributed by atoms with Crippen LogP contribution in [-0.2, 0) is 19.6 Å². The average molecular weight is 673 g/mol. The monoisotopic (exact) mass is 672 g/mol. The van der Waals surface area contributed by atoms with E-state index in [1.807, 2.05) is 35.9 Å². The molecule has 0 heterocycles. The molecule has 0 saturated carbocycles. The Labute approximate surface area is 276 Å². The van der Waals surface area contributed by atoms with E-state index >= 15 is 0 Å². The van der Waals surface area contributed by atoms with Crippen molar-refractivity contribution in [3.8, 4) is 11.5 Å². The number of sulfonamides is 1. The van der Waals surface area contributed by atoms with Gasteiger partial charge in [0.25, 0.3) is 21.6 Å². The van der Waals surface area contributed by atoms with E-state index in [1.54, 1.807) is 36.4 Å². The van der Waals surface area contributed by atoms with E-state index < -0.39 is 43.3 Å². The van der Waals surface area contributed by atoms with Gasteiger partial charge >= 0.3 is 5.97 Å². The highest BCUT2D eigenvalue weighted by atomic mass is 32.2. The maximum Gasteiger partial charge on any atom is 0.303 e. The van der Waals surface area contributed by atoms with Gasteiger partial charge in [-0.1, -0.05) is 42.5 Å². The van der Waals surface area contributed by atoms with Crippen LogP contribution in [0.15, 0.2) is 102 Å². The maximum absolute atomic E-state index is 13.3. The number of carboxylic acid groups (broad SMARTS) is 1. The smallest absolute Gasteiger partial charge is 0.303 e. The molecule has 4 aromatic rings. The number of nitrogens with zero attached hydrogens (tertiary/aromatic N) is 1. The molecule has 48 heavy (non-hydrogen) atoms. The van der Waals surface area contributed by atoms with E-state index in [0.717, 1.165) is 23.3 Å². The number of carbonyl (C=O) groups is 3. The second-order valence-corrected chi connectivity index (χ2v) is 12.1. The van der Waals surface area contributed by atoms with Crippen molar-refractivity contribution in [1.82, 2.24) is 4.72 Å². The molecule has 0 aliphatic heterocycles. The number of anilines is 2. The lowest BCUT2D eigenvalue weighted by Crippen LogP contribution is -2.31. The Hall–Kier alpha value is -6.02. The SMILES string of the molecule is Cc1ccccc1C=CC(=O)Nc1ccc(C(=O)NS(=O)(=O)c2ccc(NCCCCC(=O)O)c([N+](=O)[O-])c2)c(Oc2ccccc2)c1. The summed E-state index contributed by atoms with van der Waals surface area (Å²) >= 11 is 0. The number of hydrogen-bond acceptors (Lipinski definition) is 9. The lowest BCUT2D eigenvalue weighted by Gasteiger charge is -2.14. The van der Waals surface area contributed by atoms with Gasteiger partial charge in [-0.25, -0.2) is 13.1 Å². The fourth-order valence-electron chi connectivity index (χ4n) is 4.45. The van der Waals surface area contributed by atoms with Gasteiger partial charge in [0.1, 0.15) is 17.2 Å². The number of benzene rings is 4. The van der Waals surface area contributed by atoms with Gasteiger partial charge < -0.3 is 20.5 Å². The quantitative estimate of drug-likeness (QED) is 0.0494. The molecular formula is C34H32N4O9S. The zero-order chi connectivity index (χ0) is 34.7. The van der Waals surface area contributed by atoms with Gasteiger partial charge in [0, 0.05) is 36.9 Å². The van der Waals surface area contributed by atoms with Crippen LogP contribution < -0.4 is 20.1 Å². The van der Waals surface area contributed by atoms with E-state index in [1.165, 1.54) is 30.3 Å². The average Bonchev–Trinajstić information content (AvgIpc) is 3.04. The molecule has 4 rings (SSSR count). The Morgan fingerprint density at radius 2 is 1.67 bits per heavy atom. The fraction of sp³-hybridized carbons (Fsp3) is 0.147. The molecule has 0 spiro atoms. The number of aryl methyl sites for hydroxylation is 1. The molecule has 0 aromatic heterocycles. The molecule has 0 bridgehead atoms. The normalized spacial score (nSPS) is 11.1. The molecule has 0 unspecified atom stereocenters. The van der Waals surface area contributed by atoms with Crippen molar-refractivity contribution in [3.05, 3.63) is 124 Å². The lowest BCUT2D eigenvalue weighted by molar-refractivity contribution is -0.384. The summed E-state index contributed by atoms with van der Waals surface area (Å²) in [6.07, 6.45) is 3.73. The second-order valence-electron chi connectivity index (χ2n) is 10.5. The van der Waals surface area contributed by atoms with Crippen LogP contribution in [-0.4, -0.2) is 42.8 Å². The summed E-state index contributed by atoms with van der Waals surface area (Å²) < 4.78 is 34.3. The number of nitrogens with one attached hydrogen (secondary N) is 3. The molecular weight excluding hydrogens is 640 g/mol. The molecule has 0 aliphatic rings. The van der Waals surface area contributed by atoms with E-state index in [2.05, 4.69) is 10.6 Å².